The van der Waals surface area contributed by atoms with E-state index in [1.54, 1.807) is 0 Å². The summed E-state index contributed by atoms with van der Waals surface area (Å²) >= 11 is 0. The van der Waals surface area contributed by atoms with Gasteiger partial charge in [-0.3, -0.25) is 4.79 Å². The minimum atomic E-state index is -1.24. The van der Waals surface area contributed by atoms with E-state index in [1.165, 1.54) is 26.7 Å². The van der Waals surface area contributed by atoms with E-state index in [-0.39, 0.29) is 5.91 Å². The van der Waals surface area contributed by atoms with E-state index in [9.17, 15) is 9.90 Å². The van der Waals surface area contributed by atoms with Gasteiger partial charge in [0.05, 0.1) is 0 Å². The van der Waals surface area contributed by atoms with Crippen LogP contribution in [0.1, 0.15) is 40.0 Å². The van der Waals surface area contributed by atoms with Crippen molar-refractivity contribution in [3.05, 3.63) is 0 Å². The van der Waals surface area contributed by atoms with Crippen LogP contribution in [-0.4, -0.2) is 22.7 Å². The molecule has 1 aliphatic carbocycles. The summed E-state index contributed by atoms with van der Waals surface area (Å²) in [7, 11) is 0. The Morgan fingerprint density at radius 2 is 2.23 bits per heavy atom. The fourth-order valence-corrected chi connectivity index (χ4v) is 1.46. The van der Waals surface area contributed by atoms with Crippen molar-refractivity contribution in [1.82, 2.24) is 5.32 Å². The van der Waals surface area contributed by atoms with Gasteiger partial charge in [-0.15, -0.1) is 0 Å². The highest BCUT2D eigenvalue weighted by atomic mass is 16.3. The number of hydrogen-bond acceptors (Lipinski definition) is 2. The maximum atomic E-state index is 11.3. The van der Waals surface area contributed by atoms with Gasteiger partial charge in [0.2, 0.25) is 0 Å². The van der Waals surface area contributed by atoms with Gasteiger partial charge in [0.1, 0.15) is 5.60 Å². The molecule has 13 heavy (non-hydrogen) atoms. The molecule has 0 heterocycles. The molecule has 2 unspecified atom stereocenters. The zero-order chi connectivity index (χ0) is 10.1. The normalized spacial score (nSPS) is 27.1. The summed E-state index contributed by atoms with van der Waals surface area (Å²) in [6.45, 7) is 5.17. The maximum absolute atomic E-state index is 11.3. The van der Waals surface area contributed by atoms with Crippen LogP contribution in [-0.2, 0) is 4.79 Å². The quantitative estimate of drug-likeness (QED) is 0.688. The Morgan fingerprint density at radius 3 is 2.69 bits per heavy atom. The topological polar surface area (TPSA) is 49.3 Å². The molecule has 2 N–H and O–H groups in total. The van der Waals surface area contributed by atoms with Gasteiger partial charge in [0.15, 0.2) is 0 Å². The summed E-state index contributed by atoms with van der Waals surface area (Å²) in [5, 5.41) is 12.2. The van der Waals surface area contributed by atoms with E-state index in [4.69, 9.17) is 0 Å². The molecule has 0 saturated heterocycles. The lowest BCUT2D eigenvalue weighted by Gasteiger charge is -2.16. The fourth-order valence-electron chi connectivity index (χ4n) is 1.46. The first-order valence-electron chi connectivity index (χ1n) is 4.98. The molecule has 0 aliphatic heterocycles. The molecule has 1 rings (SSSR count). The van der Waals surface area contributed by atoms with Crippen molar-refractivity contribution in [3.8, 4) is 0 Å². The van der Waals surface area contributed by atoms with Crippen molar-refractivity contribution in [2.24, 2.45) is 5.92 Å². The van der Waals surface area contributed by atoms with E-state index in [2.05, 4.69) is 12.2 Å². The molecular formula is C10H19NO2. The van der Waals surface area contributed by atoms with Crippen LogP contribution in [0.4, 0.5) is 0 Å². The van der Waals surface area contributed by atoms with Crippen LogP contribution < -0.4 is 5.32 Å². The van der Waals surface area contributed by atoms with Crippen molar-refractivity contribution in [3.63, 3.8) is 0 Å². The highest BCUT2D eigenvalue weighted by Gasteiger charge is 2.39. The first-order chi connectivity index (χ1) is 5.95. The average Bonchev–Trinajstić information content (AvgIpc) is 2.66. The summed E-state index contributed by atoms with van der Waals surface area (Å²) in [4.78, 5) is 11.3. The maximum Gasteiger partial charge on any atom is 0.251 e. The first-order valence-corrected chi connectivity index (χ1v) is 4.98. The van der Waals surface area contributed by atoms with Crippen LogP contribution >= 0.6 is 0 Å². The molecule has 1 amide bonds. The van der Waals surface area contributed by atoms with Crippen molar-refractivity contribution in [2.45, 2.75) is 51.7 Å². The van der Waals surface area contributed by atoms with Crippen LogP contribution in [0.5, 0.6) is 0 Å². The third-order valence-electron chi connectivity index (χ3n) is 2.45. The van der Waals surface area contributed by atoms with Gasteiger partial charge < -0.3 is 10.4 Å². The lowest BCUT2D eigenvalue weighted by atomic mass is 10.1. The molecule has 3 heteroatoms. The monoisotopic (exact) mass is 185 g/mol. The predicted molar refractivity (Wildman–Crippen MR) is 51.2 cm³/mol. The van der Waals surface area contributed by atoms with Crippen LogP contribution in [0.15, 0.2) is 0 Å². The highest BCUT2D eigenvalue weighted by molar-refractivity contribution is 5.84. The molecule has 0 aromatic rings. The van der Waals surface area contributed by atoms with Crippen molar-refractivity contribution < 1.29 is 9.90 Å². The van der Waals surface area contributed by atoms with E-state index in [1.807, 2.05) is 0 Å². The van der Waals surface area contributed by atoms with E-state index >= 15 is 0 Å². The number of aliphatic hydroxyl groups is 1. The molecule has 0 bridgehead atoms. The second-order valence-electron chi connectivity index (χ2n) is 4.42. The van der Waals surface area contributed by atoms with Gasteiger partial charge in [-0.05, 0) is 32.6 Å². The minimum Gasteiger partial charge on any atom is -0.381 e. The third-order valence-corrected chi connectivity index (χ3v) is 2.45. The number of hydrogen-bond donors (Lipinski definition) is 2. The Balaban J connectivity index is 2.25. The predicted octanol–water partition coefficient (Wildman–Crippen LogP) is 1.06. The van der Waals surface area contributed by atoms with Gasteiger partial charge in [0.25, 0.3) is 5.91 Å². The minimum absolute atomic E-state index is 0.254. The Kier molecular flexibility index (Phi) is 2.96. The molecule has 3 nitrogen and oxygen atoms in total. The summed E-state index contributed by atoms with van der Waals surface area (Å²) in [6, 6.07) is 0.318. The van der Waals surface area contributed by atoms with Gasteiger partial charge in [-0.1, -0.05) is 13.3 Å². The summed E-state index contributed by atoms with van der Waals surface area (Å²) in [5.41, 5.74) is -1.24. The lowest BCUT2D eigenvalue weighted by molar-refractivity contribution is -0.136. The van der Waals surface area contributed by atoms with Crippen molar-refractivity contribution in [1.29, 1.82) is 0 Å². The summed E-state index contributed by atoms with van der Waals surface area (Å²) < 4.78 is 0. The van der Waals surface area contributed by atoms with E-state index in [0.29, 0.717) is 12.0 Å². The highest BCUT2D eigenvalue weighted by Crippen LogP contribution is 2.34. The lowest BCUT2D eigenvalue weighted by Crippen LogP contribution is -2.43. The molecule has 1 fully saturated rings. The summed E-state index contributed by atoms with van der Waals surface area (Å²) in [6.07, 6.45) is 3.42. The molecule has 0 aromatic carbocycles. The number of amides is 1. The number of carbonyl (C=O) groups excluding carboxylic acids is 1. The van der Waals surface area contributed by atoms with Crippen molar-refractivity contribution >= 4 is 5.91 Å². The average molecular weight is 185 g/mol. The molecule has 0 radical (unpaired) electrons. The SMILES string of the molecule is CCCC1CC1NC(=O)C(C)(C)O. The van der Waals surface area contributed by atoms with Gasteiger partial charge in [0, 0.05) is 6.04 Å². The van der Waals surface area contributed by atoms with Crippen LogP contribution in [0.2, 0.25) is 0 Å². The van der Waals surface area contributed by atoms with Crippen molar-refractivity contribution in [2.75, 3.05) is 0 Å². The Bertz CT molecular complexity index is 196. The van der Waals surface area contributed by atoms with Crippen LogP contribution in [0.3, 0.4) is 0 Å². The molecule has 76 valence electrons. The summed E-state index contributed by atoms with van der Waals surface area (Å²) in [5.74, 6) is 0.396. The second-order valence-corrected chi connectivity index (χ2v) is 4.42. The molecule has 1 aliphatic rings. The first kappa shape index (κ1) is 10.5. The fraction of sp³-hybridized carbons (Fsp3) is 0.900. The molecule has 1 saturated carbocycles. The van der Waals surface area contributed by atoms with Gasteiger partial charge >= 0.3 is 0 Å². The smallest absolute Gasteiger partial charge is 0.251 e. The van der Waals surface area contributed by atoms with Crippen LogP contribution in [0.25, 0.3) is 0 Å². The number of carbonyl (C=O) groups is 1. The second kappa shape index (κ2) is 3.66. The number of rotatable bonds is 4. The number of nitrogens with one attached hydrogen (secondary N) is 1. The van der Waals surface area contributed by atoms with Crippen LogP contribution in [0, 0.1) is 5.92 Å². The molecule has 2 atom stereocenters. The zero-order valence-corrected chi connectivity index (χ0v) is 8.63. The molecule has 0 aromatic heterocycles. The van der Waals surface area contributed by atoms with E-state index < -0.39 is 5.60 Å². The van der Waals surface area contributed by atoms with Gasteiger partial charge in [-0.25, -0.2) is 0 Å². The Hall–Kier alpha value is -0.570. The molecular weight excluding hydrogens is 166 g/mol. The standard InChI is InChI=1S/C10H19NO2/c1-4-5-7-6-8(7)11-9(12)10(2,3)13/h7-8,13H,4-6H2,1-3H3,(H,11,12). The van der Waals surface area contributed by atoms with Gasteiger partial charge in [-0.2, -0.15) is 0 Å². The Labute approximate surface area is 79.5 Å². The zero-order valence-electron chi connectivity index (χ0n) is 8.63. The molecule has 0 spiro atoms. The third kappa shape index (κ3) is 2.99. The Morgan fingerprint density at radius 1 is 1.62 bits per heavy atom. The largest absolute Gasteiger partial charge is 0.381 e. The van der Waals surface area contributed by atoms with E-state index in [0.717, 1.165) is 6.42 Å².